The van der Waals surface area contributed by atoms with Crippen LogP contribution < -0.4 is 0 Å². The van der Waals surface area contributed by atoms with Crippen molar-refractivity contribution in [1.82, 2.24) is 0 Å². The first kappa shape index (κ1) is 14.3. The fourth-order valence-electron chi connectivity index (χ4n) is 2.09. The molecule has 16 heavy (non-hydrogen) atoms. The lowest BCUT2D eigenvalue weighted by atomic mass is 10.2. The van der Waals surface area contributed by atoms with Crippen molar-refractivity contribution in [1.29, 1.82) is 0 Å². The molecule has 2 atom stereocenters. The van der Waals surface area contributed by atoms with Gasteiger partial charge in [0.2, 0.25) is 0 Å². The van der Waals surface area contributed by atoms with Gasteiger partial charge in [-0.3, -0.25) is 0 Å². The largest absolute Gasteiger partial charge is 0.377 e. The molecule has 0 spiro atoms. The molecule has 0 bridgehead atoms. The third-order valence-electron chi connectivity index (χ3n) is 3.08. The van der Waals surface area contributed by atoms with E-state index < -0.39 is 9.84 Å². The lowest BCUT2D eigenvalue weighted by molar-refractivity contribution is 0.126. The molecule has 0 aromatic carbocycles. The van der Waals surface area contributed by atoms with Gasteiger partial charge in [-0.05, 0) is 26.2 Å². The van der Waals surface area contributed by atoms with Crippen LogP contribution in [0.4, 0.5) is 0 Å². The Morgan fingerprint density at radius 3 is 2.50 bits per heavy atom. The molecule has 1 aliphatic heterocycles. The highest BCUT2D eigenvalue weighted by atomic mass is 35.5. The van der Waals surface area contributed by atoms with Gasteiger partial charge in [-0.15, -0.1) is 11.6 Å². The molecule has 1 aliphatic rings. The molecule has 1 fully saturated rings. The van der Waals surface area contributed by atoms with Crippen LogP contribution in [0.5, 0.6) is 0 Å². The van der Waals surface area contributed by atoms with Crippen LogP contribution in [-0.2, 0) is 14.6 Å². The molecule has 2 unspecified atom stereocenters. The summed E-state index contributed by atoms with van der Waals surface area (Å²) in [5.41, 5.74) is 0. The van der Waals surface area contributed by atoms with Gasteiger partial charge < -0.3 is 4.74 Å². The molecule has 0 amide bonds. The highest BCUT2D eigenvalue weighted by molar-refractivity contribution is 7.92. The van der Waals surface area contributed by atoms with Crippen molar-refractivity contribution in [2.24, 2.45) is 0 Å². The summed E-state index contributed by atoms with van der Waals surface area (Å²) in [6, 6.07) is 0. The minimum atomic E-state index is -2.95. The molecule has 0 aliphatic carbocycles. The number of ether oxygens (including phenoxy) is 1. The highest BCUT2D eigenvalue weighted by Gasteiger charge is 2.34. The second-order valence-electron chi connectivity index (χ2n) is 4.37. The predicted molar refractivity (Wildman–Crippen MR) is 66.8 cm³/mol. The Labute approximate surface area is 103 Å². The Morgan fingerprint density at radius 1 is 1.25 bits per heavy atom. The lowest BCUT2D eigenvalue weighted by Crippen LogP contribution is -2.30. The van der Waals surface area contributed by atoms with Crippen molar-refractivity contribution < 1.29 is 13.2 Å². The fourth-order valence-corrected chi connectivity index (χ4v) is 4.30. The standard InChI is InChI=1S/C11H21ClO3S/c1-10-11(6-8-15-10)16(13,14)9-5-3-2-4-7-12/h10-11H,2-9H2,1H3. The third kappa shape index (κ3) is 4.22. The second kappa shape index (κ2) is 6.82. The minimum Gasteiger partial charge on any atom is -0.377 e. The van der Waals surface area contributed by atoms with Gasteiger partial charge in [0.05, 0.1) is 17.1 Å². The van der Waals surface area contributed by atoms with E-state index in [0.29, 0.717) is 24.7 Å². The van der Waals surface area contributed by atoms with Gasteiger partial charge in [0, 0.05) is 12.5 Å². The quantitative estimate of drug-likeness (QED) is 0.526. The first-order chi connectivity index (χ1) is 7.58. The Hall–Kier alpha value is 0.200. The van der Waals surface area contributed by atoms with Gasteiger partial charge in [-0.2, -0.15) is 0 Å². The maximum atomic E-state index is 12.0. The van der Waals surface area contributed by atoms with Crippen LogP contribution in [0.25, 0.3) is 0 Å². The molecule has 5 heteroatoms. The normalized spacial score (nSPS) is 26.1. The van der Waals surface area contributed by atoms with E-state index in [1.54, 1.807) is 0 Å². The summed E-state index contributed by atoms with van der Waals surface area (Å²) in [5.74, 6) is 0.966. The molecule has 96 valence electrons. The summed E-state index contributed by atoms with van der Waals surface area (Å²) in [7, 11) is -2.95. The molecular weight excluding hydrogens is 248 g/mol. The average Bonchev–Trinajstić information content (AvgIpc) is 2.65. The number of hydrogen-bond donors (Lipinski definition) is 0. The summed E-state index contributed by atoms with van der Waals surface area (Å²) in [4.78, 5) is 0. The van der Waals surface area contributed by atoms with Crippen molar-refractivity contribution in [3.63, 3.8) is 0 Å². The zero-order valence-corrected chi connectivity index (χ0v) is 11.4. The van der Waals surface area contributed by atoms with Crippen LogP contribution in [0, 0.1) is 0 Å². The van der Waals surface area contributed by atoms with Crippen LogP contribution in [0.1, 0.15) is 39.0 Å². The van der Waals surface area contributed by atoms with E-state index >= 15 is 0 Å². The molecule has 0 radical (unpaired) electrons. The number of sulfone groups is 1. The lowest BCUT2D eigenvalue weighted by Gasteiger charge is -2.14. The molecule has 1 saturated heterocycles. The van der Waals surface area contributed by atoms with Crippen molar-refractivity contribution in [2.75, 3.05) is 18.2 Å². The van der Waals surface area contributed by atoms with Crippen LogP contribution in [0.3, 0.4) is 0 Å². The Balaban J connectivity index is 2.29. The fraction of sp³-hybridized carbons (Fsp3) is 1.00. The van der Waals surface area contributed by atoms with Gasteiger partial charge >= 0.3 is 0 Å². The number of halogens is 1. The van der Waals surface area contributed by atoms with E-state index in [4.69, 9.17) is 16.3 Å². The van der Waals surface area contributed by atoms with Crippen molar-refractivity contribution >= 4 is 21.4 Å². The molecule has 0 N–H and O–H groups in total. The zero-order chi connectivity index (χ0) is 12.0. The summed E-state index contributed by atoms with van der Waals surface area (Å²) < 4.78 is 29.2. The van der Waals surface area contributed by atoms with E-state index in [1.807, 2.05) is 6.92 Å². The molecular formula is C11H21ClO3S. The average molecular weight is 269 g/mol. The van der Waals surface area contributed by atoms with Crippen LogP contribution in [-0.4, -0.2) is 38.0 Å². The second-order valence-corrected chi connectivity index (χ2v) is 7.09. The van der Waals surface area contributed by atoms with Gasteiger partial charge in [0.1, 0.15) is 0 Å². The molecule has 0 aromatic rings. The monoisotopic (exact) mass is 268 g/mol. The van der Waals surface area contributed by atoms with E-state index in [0.717, 1.165) is 25.7 Å². The highest BCUT2D eigenvalue weighted by Crippen LogP contribution is 2.22. The predicted octanol–water partition coefficient (Wildman–Crippen LogP) is 2.38. The van der Waals surface area contributed by atoms with E-state index in [-0.39, 0.29) is 11.4 Å². The minimum absolute atomic E-state index is 0.132. The maximum absolute atomic E-state index is 12.0. The Morgan fingerprint density at radius 2 is 1.94 bits per heavy atom. The Bertz CT molecular complexity index is 290. The van der Waals surface area contributed by atoms with E-state index in [9.17, 15) is 8.42 Å². The molecule has 3 nitrogen and oxygen atoms in total. The number of hydrogen-bond acceptors (Lipinski definition) is 3. The van der Waals surface area contributed by atoms with Crippen molar-refractivity contribution in [3.8, 4) is 0 Å². The SMILES string of the molecule is CC1OCCC1S(=O)(=O)CCCCCCCl. The van der Waals surface area contributed by atoms with Crippen LogP contribution in [0.2, 0.25) is 0 Å². The van der Waals surface area contributed by atoms with Gasteiger partial charge in [0.25, 0.3) is 0 Å². The summed E-state index contributed by atoms with van der Waals surface area (Å²) in [6.07, 6.45) is 4.23. The smallest absolute Gasteiger partial charge is 0.155 e. The van der Waals surface area contributed by atoms with Gasteiger partial charge in [-0.1, -0.05) is 12.8 Å². The summed E-state index contributed by atoms with van der Waals surface area (Å²) >= 11 is 5.56. The van der Waals surface area contributed by atoms with E-state index in [1.165, 1.54) is 0 Å². The maximum Gasteiger partial charge on any atom is 0.155 e. The van der Waals surface area contributed by atoms with Gasteiger partial charge in [-0.25, -0.2) is 8.42 Å². The van der Waals surface area contributed by atoms with Crippen molar-refractivity contribution in [3.05, 3.63) is 0 Å². The third-order valence-corrected chi connectivity index (χ3v) is 5.75. The number of rotatable bonds is 7. The molecule has 1 heterocycles. The van der Waals surface area contributed by atoms with Crippen LogP contribution in [0.15, 0.2) is 0 Å². The summed E-state index contributed by atoms with van der Waals surface area (Å²) in [6.45, 7) is 2.43. The topological polar surface area (TPSA) is 43.4 Å². The van der Waals surface area contributed by atoms with E-state index in [2.05, 4.69) is 0 Å². The van der Waals surface area contributed by atoms with Crippen LogP contribution >= 0.6 is 11.6 Å². The zero-order valence-electron chi connectivity index (χ0n) is 9.82. The first-order valence-electron chi connectivity index (χ1n) is 5.97. The molecule has 1 rings (SSSR count). The molecule has 0 saturated carbocycles. The summed E-state index contributed by atoms with van der Waals surface area (Å²) in [5, 5.41) is -0.277. The van der Waals surface area contributed by atoms with Crippen molar-refractivity contribution in [2.45, 2.75) is 50.4 Å². The number of unbranched alkanes of at least 4 members (excludes halogenated alkanes) is 3. The first-order valence-corrected chi connectivity index (χ1v) is 8.22. The number of alkyl halides is 1. The molecule has 0 aromatic heterocycles. The Kier molecular flexibility index (Phi) is 6.08. The van der Waals surface area contributed by atoms with Gasteiger partial charge in [0.15, 0.2) is 9.84 Å².